The van der Waals surface area contributed by atoms with Crippen LogP contribution >= 0.6 is 11.3 Å². The summed E-state index contributed by atoms with van der Waals surface area (Å²) in [6.45, 7) is 3.04. The molecular formula is C24H30N2O5S2. The van der Waals surface area contributed by atoms with Crippen molar-refractivity contribution in [1.29, 1.82) is 0 Å². The molecule has 33 heavy (non-hydrogen) atoms. The second-order valence-corrected chi connectivity index (χ2v) is 12.5. The standard InChI is InChI=1S/C24H30N2O5S2/c1-15(16-5-6-16)18-8-7-17-3-2-4-19(17)22(18)25-23(27)26-33(29,30)21-10-9-20(32-21)24(28)11-13-31-14-12-24/h7-10,15-16,28H,2-6,11-14H2,1H3,(H2,25,26,27)/t15-/m1/s1. The molecule has 7 nitrogen and oxygen atoms in total. The largest absolute Gasteiger partial charge is 0.384 e. The van der Waals surface area contributed by atoms with Gasteiger partial charge in [0.1, 0.15) is 9.81 Å². The molecule has 0 bridgehead atoms. The van der Waals surface area contributed by atoms with Gasteiger partial charge in [0.15, 0.2) is 0 Å². The van der Waals surface area contributed by atoms with Crippen molar-refractivity contribution in [2.75, 3.05) is 18.5 Å². The zero-order valence-corrected chi connectivity index (χ0v) is 20.4. The number of carbonyl (C=O) groups is 1. The maximum Gasteiger partial charge on any atom is 0.333 e. The maximum atomic E-state index is 12.9. The summed E-state index contributed by atoms with van der Waals surface area (Å²) in [4.78, 5) is 13.4. The van der Waals surface area contributed by atoms with E-state index in [1.54, 1.807) is 6.07 Å². The molecular weight excluding hydrogens is 460 g/mol. The number of ether oxygens (including phenoxy) is 1. The third-order valence-electron chi connectivity index (χ3n) is 7.23. The minimum absolute atomic E-state index is 0.0115. The first-order valence-corrected chi connectivity index (χ1v) is 14.0. The monoisotopic (exact) mass is 490 g/mol. The SMILES string of the molecule is C[C@@H](c1ccc2c(c1NC(=O)NS(=O)(=O)c1ccc(C3(O)CCOCC3)s1)CCC2)C1CC1. The number of hydrogen-bond donors (Lipinski definition) is 3. The van der Waals surface area contributed by atoms with E-state index in [0.717, 1.165) is 47.4 Å². The van der Waals surface area contributed by atoms with Crippen LogP contribution in [0.1, 0.15) is 66.5 Å². The van der Waals surface area contributed by atoms with Crippen LogP contribution in [-0.2, 0) is 33.2 Å². The van der Waals surface area contributed by atoms with Crippen LogP contribution in [-0.4, -0.2) is 32.8 Å². The zero-order chi connectivity index (χ0) is 23.2. The normalized spacial score (nSPS) is 20.8. The average Bonchev–Trinajstić information content (AvgIpc) is 3.28. The topological polar surface area (TPSA) is 105 Å². The smallest absolute Gasteiger partial charge is 0.333 e. The molecule has 1 saturated heterocycles. The highest BCUT2D eigenvalue weighted by Gasteiger charge is 2.35. The lowest BCUT2D eigenvalue weighted by molar-refractivity contribution is -0.0656. The number of nitrogens with one attached hydrogen (secondary N) is 2. The molecule has 2 fully saturated rings. The molecule has 1 aromatic heterocycles. The summed E-state index contributed by atoms with van der Waals surface area (Å²) in [5.41, 5.74) is 3.14. The van der Waals surface area contributed by atoms with Crippen LogP contribution in [0.5, 0.6) is 0 Å². The first-order chi connectivity index (χ1) is 15.8. The van der Waals surface area contributed by atoms with Gasteiger partial charge in [-0.15, -0.1) is 11.3 Å². The molecule has 1 atom stereocenters. The molecule has 2 heterocycles. The van der Waals surface area contributed by atoms with Crippen molar-refractivity contribution in [2.24, 2.45) is 5.92 Å². The predicted octanol–water partition coefficient (Wildman–Crippen LogP) is 4.26. The number of hydrogen-bond acceptors (Lipinski definition) is 6. The highest BCUT2D eigenvalue weighted by Crippen LogP contribution is 2.46. The van der Waals surface area contributed by atoms with Crippen LogP contribution in [0.15, 0.2) is 28.5 Å². The van der Waals surface area contributed by atoms with Gasteiger partial charge in [-0.3, -0.25) is 0 Å². The molecule has 1 aliphatic heterocycles. The summed E-state index contributed by atoms with van der Waals surface area (Å²) in [6.07, 6.45) is 6.13. The quantitative estimate of drug-likeness (QED) is 0.561. The van der Waals surface area contributed by atoms with E-state index in [0.29, 0.717) is 42.8 Å². The van der Waals surface area contributed by atoms with Gasteiger partial charge in [0.25, 0.3) is 10.0 Å². The van der Waals surface area contributed by atoms with Crippen LogP contribution in [0.4, 0.5) is 10.5 Å². The summed E-state index contributed by atoms with van der Waals surface area (Å²) in [5.74, 6) is 0.945. The van der Waals surface area contributed by atoms with Crippen molar-refractivity contribution >= 4 is 33.1 Å². The van der Waals surface area contributed by atoms with E-state index in [2.05, 4.69) is 29.1 Å². The molecule has 3 N–H and O–H groups in total. The number of amides is 2. The molecule has 5 rings (SSSR count). The van der Waals surface area contributed by atoms with Gasteiger partial charge in [-0.2, -0.15) is 0 Å². The first kappa shape index (κ1) is 22.8. The van der Waals surface area contributed by atoms with Gasteiger partial charge in [-0.1, -0.05) is 19.1 Å². The third-order valence-corrected chi connectivity index (χ3v) is 10.3. The Morgan fingerprint density at radius 1 is 1.18 bits per heavy atom. The van der Waals surface area contributed by atoms with E-state index in [-0.39, 0.29) is 4.21 Å². The average molecular weight is 491 g/mol. The highest BCUT2D eigenvalue weighted by atomic mass is 32.2. The number of urea groups is 1. The van der Waals surface area contributed by atoms with Gasteiger partial charge >= 0.3 is 6.03 Å². The number of aryl methyl sites for hydroxylation is 1. The Bertz CT molecular complexity index is 1160. The second kappa shape index (κ2) is 8.69. The summed E-state index contributed by atoms with van der Waals surface area (Å²) in [7, 11) is -4.06. The van der Waals surface area contributed by atoms with Gasteiger partial charge in [0.2, 0.25) is 0 Å². The number of carbonyl (C=O) groups excluding carboxylic acids is 1. The number of fused-ring (bicyclic) bond motifs is 1. The Balaban J connectivity index is 1.35. The number of aliphatic hydroxyl groups is 1. The van der Waals surface area contributed by atoms with E-state index in [1.165, 1.54) is 24.5 Å². The lowest BCUT2D eigenvalue weighted by atomic mass is 9.91. The molecule has 1 aromatic carbocycles. The summed E-state index contributed by atoms with van der Waals surface area (Å²) in [6, 6.07) is 6.58. The number of sulfonamides is 1. The van der Waals surface area contributed by atoms with E-state index in [1.807, 2.05) is 0 Å². The molecule has 0 spiro atoms. The number of rotatable bonds is 6. The van der Waals surface area contributed by atoms with Crippen LogP contribution in [0, 0.1) is 5.92 Å². The molecule has 1 saturated carbocycles. The second-order valence-electron chi connectivity index (χ2n) is 9.47. The molecule has 178 valence electrons. The Kier molecular flexibility index (Phi) is 6.01. The summed E-state index contributed by atoms with van der Waals surface area (Å²) >= 11 is 0.998. The minimum atomic E-state index is -4.06. The fraction of sp³-hybridized carbons (Fsp3) is 0.542. The van der Waals surface area contributed by atoms with Gasteiger partial charge in [0, 0.05) is 36.6 Å². The van der Waals surface area contributed by atoms with Gasteiger partial charge in [-0.25, -0.2) is 17.9 Å². The van der Waals surface area contributed by atoms with Crippen molar-refractivity contribution in [3.8, 4) is 0 Å². The van der Waals surface area contributed by atoms with E-state index in [4.69, 9.17) is 4.74 Å². The van der Waals surface area contributed by atoms with Crippen LogP contribution in [0.2, 0.25) is 0 Å². The molecule has 3 aliphatic rings. The number of thiophene rings is 1. The minimum Gasteiger partial charge on any atom is -0.384 e. The fourth-order valence-corrected chi connectivity index (χ4v) is 7.40. The van der Waals surface area contributed by atoms with Gasteiger partial charge in [0.05, 0.1) is 0 Å². The zero-order valence-electron chi connectivity index (χ0n) is 18.7. The molecule has 0 unspecified atom stereocenters. The fourth-order valence-electron chi connectivity index (χ4n) is 5.04. The van der Waals surface area contributed by atoms with Crippen molar-refractivity contribution in [1.82, 2.24) is 4.72 Å². The Morgan fingerprint density at radius 2 is 1.94 bits per heavy atom. The maximum absolute atomic E-state index is 12.9. The van der Waals surface area contributed by atoms with Crippen molar-refractivity contribution in [3.05, 3.63) is 45.8 Å². The van der Waals surface area contributed by atoms with Crippen LogP contribution in [0.3, 0.4) is 0 Å². The molecule has 2 aromatic rings. The predicted molar refractivity (Wildman–Crippen MR) is 127 cm³/mol. The third kappa shape index (κ3) is 4.56. The van der Waals surface area contributed by atoms with Crippen molar-refractivity contribution in [2.45, 2.75) is 67.6 Å². The Morgan fingerprint density at radius 3 is 2.67 bits per heavy atom. The van der Waals surface area contributed by atoms with Crippen molar-refractivity contribution in [3.63, 3.8) is 0 Å². The van der Waals surface area contributed by atoms with Crippen LogP contribution in [0.25, 0.3) is 0 Å². The molecule has 0 radical (unpaired) electrons. The Labute approximate surface area is 198 Å². The van der Waals surface area contributed by atoms with Gasteiger partial charge in [-0.05, 0) is 72.8 Å². The lowest BCUT2D eigenvalue weighted by Crippen LogP contribution is -2.34. The molecule has 9 heteroatoms. The molecule has 2 aliphatic carbocycles. The highest BCUT2D eigenvalue weighted by molar-refractivity contribution is 7.92. The van der Waals surface area contributed by atoms with E-state index in [9.17, 15) is 18.3 Å². The summed E-state index contributed by atoms with van der Waals surface area (Å²) < 4.78 is 33.4. The van der Waals surface area contributed by atoms with E-state index < -0.39 is 21.7 Å². The lowest BCUT2D eigenvalue weighted by Gasteiger charge is -2.30. The van der Waals surface area contributed by atoms with E-state index >= 15 is 0 Å². The molecule has 2 amide bonds. The summed E-state index contributed by atoms with van der Waals surface area (Å²) in [5, 5.41) is 13.7. The Hall–Kier alpha value is -1.94. The van der Waals surface area contributed by atoms with Crippen molar-refractivity contribution < 1.29 is 23.1 Å². The van der Waals surface area contributed by atoms with Crippen LogP contribution < -0.4 is 10.0 Å². The number of anilines is 1. The first-order valence-electron chi connectivity index (χ1n) is 11.7. The number of benzene rings is 1. The van der Waals surface area contributed by atoms with Gasteiger partial charge < -0.3 is 15.2 Å².